The van der Waals surface area contributed by atoms with Gasteiger partial charge in [-0.3, -0.25) is 9.63 Å². The van der Waals surface area contributed by atoms with Crippen molar-refractivity contribution in [2.24, 2.45) is 0 Å². The first-order valence-corrected chi connectivity index (χ1v) is 4.32. The third-order valence-corrected chi connectivity index (χ3v) is 2.58. The predicted molar refractivity (Wildman–Crippen MR) is 44.9 cm³/mol. The highest BCUT2D eigenvalue weighted by Gasteiger charge is 2.18. The van der Waals surface area contributed by atoms with Crippen molar-refractivity contribution >= 4 is 17.7 Å². The molecule has 0 spiro atoms. The summed E-state index contributed by atoms with van der Waals surface area (Å²) < 4.78 is 0. The Labute approximate surface area is 70.1 Å². The second kappa shape index (κ2) is 3.78. The van der Waals surface area contributed by atoms with Crippen LogP contribution in [0.1, 0.15) is 13.3 Å². The van der Waals surface area contributed by atoms with Gasteiger partial charge < -0.3 is 0 Å². The zero-order valence-electron chi connectivity index (χ0n) is 6.59. The van der Waals surface area contributed by atoms with Gasteiger partial charge >= 0.3 is 0 Å². The number of allylic oxidation sites excluding steroid dienone is 1. The third-order valence-electron chi connectivity index (χ3n) is 1.38. The highest BCUT2D eigenvalue weighted by Crippen LogP contribution is 2.31. The largest absolute Gasteiger partial charge is 0.280 e. The molecule has 1 atom stereocenters. The Bertz CT molecular complexity index is 191. The number of rotatable bonds is 2. The molecule has 0 aliphatic carbocycles. The molecule has 0 aromatic rings. The molecule has 3 nitrogen and oxygen atoms in total. The quantitative estimate of drug-likeness (QED) is 0.635. The van der Waals surface area contributed by atoms with Gasteiger partial charge in [0.15, 0.2) is 0 Å². The Morgan fingerprint density at radius 2 is 2.64 bits per heavy atom. The summed E-state index contributed by atoms with van der Waals surface area (Å²) in [5.74, 6) is -0.137. The van der Waals surface area contributed by atoms with Gasteiger partial charge in [0.05, 0.1) is 12.0 Å². The first kappa shape index (κ1) is 8.62. The molecule has 1 heterocycles. The number of hydroxylamine groups is 1. The van der Waals surface area contributed by atoms with E-state index in [9.17, 15) is 4.79 Å². The molecule has 1 amide bonds. The standard InChI is InChI=1S/C7H11NO2S/c1-5-3-4-6(11-5)7(9)8-10-2/h4-5H,3H2,1-2H3,(H,8,9). The molecule has 1 aliphatic heterocycles. The first-order chi connectivity index (χ1) is 5.24. The van der Waals surface area contributed by atoms with E-state index >= 15 is 0 Å². The monoisotopic (exact) mass is 173 g/mol. The maximum absolute atomic E-state index is 11.1. The molecule has 0 aromatic carbocycles. The van der Waals surface area contributed by atoms with E-state index in [1.165, 1.54) is 7.11 Å². The summed E-state index contributed by atoms with van der Waals surface area (Å²) in [6.45, 7) is 2.09. The van der Waals surface area contributed by atoms with Gasteiger partial charge in [0.2, 0.25) is 0 Å². The topological polar surface area (TPSA) is 38.3 Å². The fourth-order valence-corrected chi connectivity index (χ4v) is 1.84. The number of amides is 1. The Morgan fingerprint density at radius 3 is 3.09 bits per heavy atom. The number of nitrogens with one attached hydrogen (secondary N) is 1. The Balaban J connectivity index is 2.43. The van der Waals surface area contributed by atoms with Crippen LogP contribution in [0.25, 0.3) is 0 Å². The molecule has 1 rings (SSSR count). The average molecular weight is 173 g/mol. The molecular formula is C7H11NO2S. The van der Waals surface area contributed by atoms with Crippen molar-refractivity contribution in [2.75, 3.05) is 7.11 Å². The van der Waals surface area contributed by atoms with Gasteiger partial charge in [-0.25, -0.2) is 5.48 Å². The summed E-state index contributed by atoms with van der Waals surface area (Å²) >= 11 is 1.58. The van der Waals surface area contributed by atoms with Crippen LogP contribution < -0.4 is 5.48 Å². The zero-order valence-corrected chi connectivity index (χ0v) is 7.40. The van der Waals surface area contributed by atoms with Crippen LogP contribution in [0, 0.1) is 0 Å². The number of carbonyl (C=O) groups excluding carboxylic acids is 1. The van der Waals surface area contributed by atoms with Crippen molar-refractivity contribution in [1.29, 1.82) is 0 Å². The second-order valence-electron chi connectivity index (χ2n) is 2.37. The Morgan fingerprint density at radius 1 is 1.91 bits per heavy atom. The van der Waals surface area contributed by atoms with Crippen molar-refractivity contribution in [3.05, 3.63) is 11.0 Å². The van der Waals surface area contributed by atoms with Crippen LogP contribution in [-0.2, 0) is 9.63 Å². The summed E-state index contributed by atoms with van der Waals surface area (Å²) in [5.41, 5.74) is 2.28. The maximum atomic E-state index is 11.1. The van der Waals surface area contributed by atoms with Gasteiger partial charge in [0.25, 0.3) is 5.91 Å². The van der Waals surface area contributed by atoms with Crippen LogP contribution in [0.4, 0.5) is 0 Å². The molecule has 0 radical (unpaired) electrons. The minimum absolute atomic E-state index is 0.137. The van der Waals surface area contributed by atoms with Crippen LogP contribution in [0.5, 0.6) is 0 Å². The van der Waals surface area contributed by atoms with E-state index < -0.39 is 0 Å². The first-order valence-electron chi connectivity index (χ1n) is 3.44. The summed E-state index contributed by atoms with van der Waals surface area (Å²) in [5, 5.41) is 0.521. The fourth-order valence-electron chi connectivity index (χ4n) is 0.875. The van der Waals surface area contributed by atoms with Crippen molar-refractivity contribution in [3.8, 4) is 0 Å². The molecule has 11 heavy (non-hydrogen) atoms. The van der Waals surface area contributed by atoms with Gasteiger partial charge in [0, 0.05) is 5.25 Å². The van der Waals surface area contributed by atoms with E-state index in [2.05, 4.69) is 17.2 Å². The van der Waals surface area contributed by atoms with Crippen LogP contribution in [0.3, 0.4) is 0 Å². The number of hydrogen-bond acceptors (Lipinski definition) is 3. The van der Waals surface area contributed by atoms with Gasteiger partial charge in [-0.15, -0.1) is 11.8 Å². The lowest BCUT2D eigenvalue weighted by Gasteiger charge is -2.02. The van der Waals surface area contributed by atoms with Gasteiger partial charge in [0.1, 0.15) is 0 Å². The Hall–Kier alpha value is -0.480. The van der Waals surface area contributed by atoms with Crippen molar-refractivity contribution in [3.63, 3.8) is 0 Å². The molecular weight excluding hydrogens is 162 g/mol. The average Bonchev–Trinajstić information content (AvgIpc) is 2.36. The van der Waals surface area contributed by atoms with E-state index in [4.69, 9.17) is 0 Å². The molecule has 1 unspecified atom stereocenters. The molecule has 4 heteroatoms. The number of thioether (sulfide) groups is 1. The smallest absolute Gasteiger partial charge is 0.277 e. The highest BCUT2D eigenvalue weighted by atomic mass is 32.2. The lowest BCUT2D eigenvalue weighted by molar-refractivity contribution is -0.126. The van der Waals surface area contributed by atoms with Gasteiger partial charge in [-0.1, -0.05) is 13.0 Å². The normalized spacial score (nSPS) is 23.1. The summed E-state index contributed by atoms with van der Waals surface area (Å²) in [4.78, 5) is 16.3. The highest BCUT2D eigenvalue weighted by molar-refractivity contribution is 8.04. The summed E-state index contributed by atoms with van der Waals surface area (Å²) in [6.07, 6.45) is 2.90. The minimum atomic E-state index is -0.137. The SMILES string of the molecule is CONC(=O)C1=CCC(C)S1. The fraction of sp³-hybridized carbons (Fsp3) is 0.571. The molecule has 1 aliphatic rings. The van der Waals surface area contributed by atoms with Crippen molar-refractivity contribution in [2.45, 2.75) is 18.6 Å². The molecule has 0 aromatic heterocycles. The van der Waals surface area contributed by atoms with E-state index in [0.717, 1.165) is 11.3 Å². The van der Waals surface area contributed by atoms with E-state index in [1.807, 2.05) is 6.08 Å². The zero-order chi connectivity index (χ0) is 8.27. The Kier molecular flexibility index (Phi) is 2.96. The van der Waals surface area contributed by atoms with Crippen LogP contribution in [0.15, 0.2) is 11.0 Å². The molecule has 0 saturated heterocycles. The van der Waals surface area contributed by atoms with Gasteiger partial charge in [-0.2, -0.15) is 0 Å². The summed E-state index contributed by atoms with van der Waals surface area (Å²) in [7, 11) is 1.43. The van der Waals surface area contributed by atoms with Crippen LogP contribution >= 0.6 is 11.8 Å². The van der Waals surface area contributed by atoms with E-state index in [-0.39, 0.29) is 5.91 Å². The molecule has 1 N–H and O–H groups in total. The third kappa shape index (κ3) is 2.24. The molecule has 0 saturated carbocycles. The van der Waals surface area contributed by atoms with Crippen molar-refractivity contribution in [1.82, 2.24) is 5.48 Å². The lowest BCUT2D eigenvalue weighted by Crippen LogP contribution is -2.21. The van der Waals surface area contributed by atoms with Gasteiger partial charge in [-0.05, 0) is 6.42 Å². The molecule has 0 bridgehead atoms. The van der Waals surface area contributed by atoms with E-state index in [1.54, 1.807) is 11.8 Å². The maximum Gasteiger partial charge on any atom is 0.280 e. The van der Waals surface area contributed by atoms with Crippen LogP contribution in [0.2, 0.25) is 0 Å². The number of hydrogen-bond donors (Lipinski definition) is 1. The molecule has 0 fully saturated rings. The summed E-state index contributed by atoms with van der Waals surface area (Å²) in [6, 6.07) is 0. The lowest BCUT2D eigenvalue weighted by atomic mass is 10.3. The van der Waals surface area contributed by atoms with Crippen LogP contribution in [-0.4, -0.2) is 18.3 Å². The molecule has 62 valence electrons. The second-order valence-corrected chi connectivity index (χ2v) is 3.85. The van der Waals surface area contributed by atoms with E-state index in [0.29, 0.717) is 5.25 Å². The minimum Gasteiger partial charge on any atom is -0.277 e. The predicted octanol–water partition coefficient (Wildman–Crippen LogP) is 1.07. The number of carbonyl (C=O) groups is 1. The van der Waals surface area contributed by atoms with Crippen molar-refractivity contribution < 1.29 is 9.63 Å².